The molecule has 1 fully saturated rings. The van der Waals surface area contributed by atoms with Crippen LogP contribution in [0.3, 0.4) is 0 Å². The highest BCUT2D eigenvalue weighted by molar-refractivity contribution is 9.10. The minimum Gasteiger partial charge on any atom is -0.493 e. The summed E-state index contributed by atoms with van der Waals surface area (Å²) in [6.07, 6.45) is 5.32. The van der Waals surface area contributed by atoms with E-state index in [1.165, 1.54) is 11.1 Å². The van der Waals surface area contributed by atoms with E-state index in [0.29, 0.717) is 11.5 Å². The average molecular weight is 373 g/mol. The maximum atomic E-state index is 12.6. The molecule has 1 aromatic heterocycles. The number of aromatic nitrogens is 1. The van der Waals surface area contributed by atoms with E-state index in [4.69, 9.17) is 4.74 Å². The summed E-state index contributed by atoms with van der Waals surface area (Å²) in [5, 5.41) is 0. The van der Waals surface area contributed by atoms with Gasteiger partial charge in [0.1, 0.15) is 5.75 Å². The van der Waals surface area contributed by atoms with Crippen LogP contribution >= 0.6 is 15.9 Å². The van der Waals surface area contributed by atoms with Crippen molar-refractivity contribution < 1.29 is 9.53 Å². The van der Waals surface area contributed by atoms with E-state index < -0.39 is 0 Å². The Hall–Kier alpha value is -1.88. The van der Waals surface area contributed by atoms with Gasteiger partial charge in [-0.15, -0.1) is 0 Å². The third kappa shape index (κ3) is 2.85. The van der Waals surface area contributed by atoms with Crippen molar-refractivity contribution in [3.8, 4) is 5.75 Å². The number of carbonyl (C=O) groups excluding carboxylic acids is 1. The lowest BCUT2D eigenvalue weighted by molar-refractivity contribution is 0.0790. The van der Waals surface area contributed by atoms with Gasteiger partial charge in [0, 0.05) is 42.3 Å². The van der Waals surface area contributed by atoms with Gasteiger partial charge in [-0.3, -0.25) is 9.78 Å². The lowest BCUT2D eigenvalue weighted by atomic mass is 9.96. The van der Waals surface area contributed by atoms with Crippen LogP contribution in [0, 0.1) is 0 Å². The number of carbonyl (C=O) groups is 1. The average Bonchev–Trinajstić information content (AvgIpc) is 3.22. The van der Waals surface area contributed by atoms with E-state index in [0.717, 1.165) is 42.8 Å². The van der Waals surface area contributed by atoms with Crippen molar-refractivity contribution in [2.24, 2.45) is 0 Å². The standard InChI is InChI=1S/C18H17BrN2O2/c19-16-8-15(9-20-10-16)18(22)21-5-3-14(11-21)12-1-2-17-13(7-12)4-6-23-17/h1-2,7-10,14H,3-6,11H2. The lowest BCUT2D eigenvalue weighted by Gasteiger charge is -2.17. The fraction of sp³-hybridized carbons (Fsp3) is 0.333. The molecule has 2 aliphatic rings. The zero-order chi connectivity index (χ0) is 15.8. The molecule has 0 N–H and O–H groups in total. The van der Waals surface area contributed by atoms with E-state index in [1.54, 1.807) is 12.4 Å². The summed E-state index contributed by atoms with van der Waals surface area (Å²) in [5.41, 5.74) is 3.25. The summed E-state index contributed by atoms with van der Waals surface area (Å²) >= 11 is 3.37. The van der Waals surface area contributed by atoms with Crippen molar-refractivity contribution >= 4 is 21.8 Å². The molecule has 0 radical (unpaired) electrons. The van der Waals surface area contributed by atoms with Gasteiger partial charge in [0.2, 0.25) is 0 Å². The SMILES string of the molecule is O=C(c1cncc(Br)c1)N1CCC(c2ccc3c(c2)CCO3)C1. The summed E-state index contributed by atoms with van der Waals surface area (Å²) in [4.78, 5) is 18.6. The summed E-state index contributed by atoms with van der Waals surface area (Å²) in [7, 11) is 0. The van der Waals surface area contributed by atoms with Crippen molar-refractivity contribution in [3.05, 3.63) is 57.8 Å². The van der Waals surface area contributed by atoms with E-state index >= 15 is 0 Å². The van der Waals surface area contributed by atoms with Crippen LogP contribution in [0.1, 0.15) is 33.8 Å². The van der Waals surface area contributed by atoms with Gasteiger partial charge >= 0.3 is 0 Å². The number of likely N-dealkylation sites (tertiary alicyclic amines) is 1. The van der Waals surface area contributed by atoms with Gasteiger partial charge in [0.25, 0.3) is 5.91 Å². The third-order valence-electron chi connectivity index (χ3n) is 4.61. The highest BCUT2D eigenvalue weighted by Crippen LogP contribution is 2.33. The van der Waals surface area contributed by atoms with Gasteiger partial charge in [-0.25, -0.2) is 0 Å². The molecule has 5 heteroatoms. The van der Waals surface area contributed by atoms with Crippen molar-refractivity contribution in [3.63, 3.8) is 0 Å². The molecule has 1 unspecified atom stereocenters. The molecule has 4 rings (SSSR count). The maximum Gasteiger partial charge on any atom is 0.255 e. The molecule has 0 spiro atoms. The van der Waals surface area contributed by atoms with Crippen molar-refractivity contribution in [2.45, 2.75) is 18.8 Å². The normalized spacial score (nSPS) is 19.5. The molecule has 2 aromatic rings. The number of benzene rings is 1. The van der Waals surface area contributed by atoms with Crippen LogP contribution in [0.5, 0.6) is 5.75 Å². The third-order valence-corrected chi connectivity index (χ3v) is 5.05. The molecule has 23 heavy (non-hydrogen) atoms. The number of hydrogen-bond acceptors (Lipinski definition) is 3. The minimum atomic E-state index is 0.0609. The Morgan fingerprint density at radius 1 is 1.30 bits per heavy atom. The Bertz CT molecular complexity index is 762. The molecular formula is C18H17BrN2O2. The Labute approximate surface area is 143 Å². The molecule has 0 aliphatic carbocycles. The van der Waals surface area contributed by atoms with E-state index in [9.17, 15) is 4.79 Å². The number of amides is 1. The van der Waals surface area contributed by atoms with E-state index in [-0.39, 0.29) is 5.91 Å². The first-order chi connectivity index (χ1) is 11.2. The predicted octanol–water partition coefficient (Wildman–Crippen LogP) is 3.41. The van der Waals surface area contributed by atoms with Crippen LogP contribution in [-0.2, 0) is 6.42 Å². The fourth-order valence-corrected chi connectivity index (χ4v) is 3.75. The molecule has 1 atom stereocenters. The Balaban J connectivity index is 1.50. The molecule has 1 amide bonds. The number of fused-ring (bicyclic) bond motifs is 1. The largest absolute Gasteiger partial charge is 0.493 e. The van der Waals surface area contributed by atoms with E-state index in [1.807, 2.05) is 11.0 Å². The number of ether oxygens (including phenoxy) is 1. The molecule has 4 nitrogen and oxygen atoms in total. The second kappa shape index (κ2) is 5.96. The van der Waals surface area contributed by atoms with Gasteiger partial charge < -0.3 is 9.64 Å². The van der Waals surface area contributed by atoms with Crippen molar-refractivity contribution in [1.82, 2.24) is 9.88 Å². The quantitative estimate of drug-likeness (QED) is 0.810. The number of nitrogens with zero attached hydrogens (tertiary/aromatic N) is 2. The number of rotatable bonds is 2. The molecule has 0 bridgehead atoms. The molecule has 1 aromatic carbocycles. The van der Waals surface area contributed by atoms with Gasteiger partial charge in [0.05, 0.1) is 12.2 Å². The first-order valence-electron chi connectivity index (χ1n) is 7.86. The summed E-state index contributed by atoms with van der Waals surface area (Å²) in [6.45, 7) is 2.35. The van der Waals surface area contributed by atoms with Crippen LogP contribution in [-0.4, -0.2) is 35.5 Å². The van der Waals surface area contributed by atoms with Crippen LogP contribution in [0.4, 0.5) is 0 Å². The Kier molecular flexibility index (Phi) is 3.81. The Morgan fingerprint density at radius 2 is 2.22 bits per heavy atom. The first kappa shape index (κ1) is 14.7. The molecule has 3 heterocycles. The molecule has 1 saturated heterocycles. The van der Waals surface area contributed by atoms with Gasteiger partial charge in [-0.2, -0.15) is 0 Å². The minimum absolute atomic E-state index is 0.0609. The van der Waals surface area contributed by atoms with E-state index in [2.05, 4.69) is 39.1 Å². The lowest BCUT2D eigenvalue weighted by Crippen LogP contribution is -2.28. The second-order valence-corrected chi connectivity index (χ2v) is 7.01. The molecule has 2 aliphatic heterocycles. The summed E-state index contributed by atoms with van der Waals surface area (Å²) in [5.74, 6) is 1.48. The topological polar surface area (TPSA) is 42.4 Å². The van der Waals surface area contributed by atoms with Crippen LogP contribution in [0.15, 0.2) is 41.1 Å². The summed E-state index contributed by atoms with van der Waals surface area (Å²) < 4.78 is 6.40. The number of pyridine rings is 1. The first-order valence-corrected chi connectivity index (χ1v) is 8.65. The fourth-order valence-electron chi connectivity index (χ4n) is 3.39. The Morgan fingerprint density at radius 3 is 3.09 bits per heavy atom. The van der Waals surface area contributed by atoms with Crippen LogP contribution in [0.2, 0.25) is 0 Å². The predicted molar refractivity (Wildman–Crippen MR) is 90.8 cm³/mol. The zero-order valence-corrected chi connectivity index (χ0v) is 14.3. The van der Waals surface area contributed by atoms with Crippen molar-refractivity contribution in [1.29, 1.82) is 0 Å². The monoisotopic (exact) mass is 372 g/mol. The maximum absolute atomic E-state index is 12.6. The van der Waals surface area contributed by atoms with Crippen LogP contribution < -0.4 is 4.74 Å². The second-order valence-electron chi connectivity index (χ2n) is 6.09. The number of halogens is 1. The van der Waals surface area contributed by atoms with Gasteiger partial charge in [0.15, 0.2) is 0 Å². The van der Waals surface area contributed by atoms with Crippen molar-refractivity contribution in [2.75, 3.05) is 19.7 Å². The highest BCUT2D eigenvalue weighted by atomic mass is 79.9. The molecule has 0 saturated carbocycles. The van der Waals surface area contributed by atoms with Gasteiger partial charge in [-0.05, 0) is 45.6 Å². The van der Waals surface area contributed by atoms with Gasteiger partial charge in [-0.1, -0.05) is 12.1 Å². The number of hydrogen-bond donors (Lipinski definition) is 0. The molecular weight excluding hydrogens is 356 g/mol. The van der Waals surface area contributed by atoms with Crippen LogP contribution in [0.25, 0.3) is 0 Å². The highest BCUT2D eigenvalue weighted by Gasteiger charge is 2.29. The zero-order valence-electron chi connectivity index (χ0n) is 12.7. The smallest absolute Gasteiger partial charge is 0.255 e. The summed E-state index contributed by atoms with van der Waals surface area (Å²) in [6, 6.07) is 8.29. The molecule has 118 valence electrons.